The Labute approximate surface area is 121 Å². The summed E-state index contributed by atoms with van der Waals surface area (Å²) in [5.74, 6) is -0.505. The van der Waals surface area contributed by atoms with Gasteiger partial charge < -0.3 is 10.1 Å². The first-order valence-electron chi connectivity index (χ1n) is 6.65. The molecule has 0 radical (unpaired) electrons. The van der Waals surface area contributed by atoms with Gasteiger partial charge in [0, 0.05) is 12.5 Å². The van der Waals surface area contributed by atoms with E-state index in [1.54, 1.807) is 13.2 Å². The topological polar surface area (TPSA) is 38.3 Å². The summed E-state index contributed by atoms with van der Waals surface area (Å²) < 4.78 is 30.6. The van der Waals surface area contributed by atoms with E-state index in [1.807, 2.05) is 30.3 Å². The largest absolute Gasteiger partial charge is 0.497 e. The van der Waals surface area contributed by atoms with Crippen molar-refractivity contribution in [2.75, 3.05) is 27.0 Å². The summed E-state index contributed by atoms with van der Waals surface area (Å²) >= 11 is 0. The van der Waals surface area contributed by atoms with Crippen molar-refractivity contribution in [1.29, 1.82) is 0 Å². The van der Waals surface area contributed by atoms with Crippen molar-refractivity contribution in [2.24, 2.45) is 0 Å². The Balaban J connectivity index is 2.32. The molecule has 0 aliphatic heterocycles. The van der Waals surface area contributed by atoms with Gasteiger partial charge in [0.05, 0.1) is 13.8 Å². The predicted molar refractivity (Wildman–Crippen MR) is 78.2 cm³/mol. The van der Waals surface area contributed by atoms with Gasteiger partial charge in [0.2, 0.25) is 0 Å². The Bertz CT molecular complexity index is 631. The lowest BCUT2D eigenvalue weighted by Crippen LogP contribution is -2.30. The number of benzene rings is 2. The lowest BCUT2D eigenvalue weighted by molar-refractivity contribution is -0.122. The number of alkyl halides is 2. The van der Waals surface area contributed by atoms with Crippen molar-refractivity contribution in [2.45, 2.75) is 5.92 Å². The summed E-state index contributed by atoms with van der Waals surface area (Å²) in [6.45, 7) is -1.64. The number of nitrogens with one attached hydrogen (secondary N) is 1. The van der Waals surface area contributed by atoms with Gasteiger partial charge in [0.25, 0.3) is 5.91 Å². The van der Waals surface area contributed by atoms with Crippen molar-refractivity contribution < 1.29 is 18.3 Å². The number of carbonyl (C=O) groups excluding carboxylic acids is 1. The monoisotopic (exact) mass is 293 g/mol. The van der Waals surface area contributed by atoms with Crippen LogP contribution in [0, 0.1) is 0 Å². The fourth-order valence-electron chi connectivity index (χ4n) is 2.30. The maximum absolute atomic E-state index is 13.3. The number of hydrogen-bond donors (Lipinski definition) is 1. The summed E-state index contributed by atoms with van der Waals surface area (Å²) in [5, 5.41) is 4.22. The predicted octanol–water partition coefficient (Wildman–Crippen LogP) is 2.99. The van der Waals surface area contributed by atoms with E-state index < -0.39 is 25.2 Å². The average molecular weight is 293 g/mol. The van der Waals surface area contributed by atoms with Gasteiger partial charge in [-0.15, -0.1) is 0 Å². The molecule has 1 atom stereocenters. The molecule has 0 aliphatic rings. The lowest BCUT2D eigenvalue weighted by Gasteiger charge is -2.17. The molecule has 2 aromatic rings. The maximum Gasteiger partial charge on any atom is 0.251 e. The van der Waals surface area contributed by atoms with Crippen LogP contribution >= 0.6 is 0 Å². The second-order valence-corrected chi connectivity index (χ2v) is 4.72. The molecule has 0 aromatic heterocycles. The molecule has 1 unspecified atom stereocenters. The van der Waals surface area contributed by atoms with Crippen LogP contribution in [0.25, 0.3) is 10.8 Å². The van der Waals surface area contributed by atoms with E-state index in [0.29, 0.717) is 0 Å². The van der Waals surface area contributed by atoms with Gasteiger partial charge in [-0.3, -0.25) is 9.18 Å². The van der Waals surface area contributed by atoms with Gasteiger partial charge in [-0.2, -0.15) is 0 Å². The molecule has 1 amide bonds. The van der Waals surface area contributed by atoms with E-state index >= 15 is 0 Å². The van der Waals surface area contributed by atoms with E-state index in [9.17, 15) is 13.6 Å². The van der Waals surface area contributed by atoms with E-state index in [4.69, 9.17) is 4.74 Å². The van der Waals surface area contributed by atoms with Crippen LogP contribution in [-0.4, -0.2) is 32.9 Å². The zero-order chi connectivity index (χ0) is 15.2. The number of rotatable bonds is 6. The molecule has 0 heterocycles. The number of fused-ring (bicyclic) bond motifs is 1. The fourth-order valence-corrected chi connectivity index (χ4v) is 2.30. The minimum Gasteiger partial charge on any atom is -0.497 e. The summed E-state index contributed by atoms with van der Waals surface area (Å²) in [5.41, 5.74) is 0.789. The number of hydrogen-bond acceptors (Lipinski definition) is 2. The lowest BCUT2D eigenvalue weighted by atomic mass is 9.94. The molecule has 3 nitrogen and oxygen atoms in total. The Morgan fingerprint density at radius 1 is 1.29 bits per heavy atom. The third-order valence-corrected chi connectivity index (χ3v) is 3.41. The minimum atomic E-state index is -1.09. The van der Waals surface area contributed by atoms with E-state index in [2.05, 4.69) is 5.32 Å². The molecule has 0 saturated carbocycles. The Hall–Kier alpha value is -2.17. The maximum atomic E-state index is 13.3. The zero-order valence-electron chi connectivity index (χ0n) is 11.7. The van der Waals surface area contributed by atoms with Crippen LogP contribution in [0.15, 0.2) is 36.4 Å². The molecule has 21 heavy (non-hydrogen) atoms. The van der Waals surface area contributed by atoms with Crippen LogP contribution in [-0.2, 0) is 4.79 Å². The molecule has 2 aromatic carbocycles. The van der Waals surface area contributed by atoms with E-state index in [1.165, 1.54) is 0 Å². The Morgan fingerprint density at radius 3 is 2.76 bits per heavy atom. The molecular formula is C16H17F2NO2. The quantitative estimate of drug-likeness (QED) is 0.889. The van der Waals surface area contributed by atoms with Crippen molar-refractivity contribution in [3.05, 3.63) is 42.0 Å². The second kappa shape index (κ2) is 7.02. The normalized spacial score (nSPS) is 12.1. The van der Waals surface area contributed by atoms with Gasteiger partial charge in [0.1, 0.15) is 5.75 Å². The summed E-state index contributed by atoms with van der Waals surface area (Å²) in [6.07, 6.45) is 0. The van der Waals surface area contributed by atoms with Crippen molar-refractivity contribution in [3.63, 3.8) is 0 Å². The minimum absolute atomic E-state index is 0.0738. The molecule has 0 aliphatic carbocycles. The second-order valence-electron chi connectivity index (χ2n) is 4.72. The molecule has 2 rings (SSSR count). The highest BCUT2D eigenvalue weighted by Crippen LogP contribution is 2.28. The number of methoxy groups -OCH3 is 1. The van der Waals surface area contributed by atoms with Crippen LogP contribution in [0.3, 0.4) is 0 Å². The molecule has 0 fully saturated rings. The van der Waals surface area contributed by atoms with Crippen LogP contribution in [0.2, 0.25) is 0 Å². The third-order valence-electron chi connectivity index (χ3n) is 3.41. The molecule has 5 heteroatoms. The highest BCUT2D eigenvalue weighted by Gasteiger charge is 2.15. The van der Waals surface area contributed by atoms with Gasteiger partial charge >= 0.3 is 0 Å². The molecule has 0 spiro atoms. The fraction of sp³-hybridized carbons (Fsp3) is 0.312. The SMILES string of the molecule is COc1ccc2c(C(CF)CNC(=O)CF)cccc2c1. The standard InChI is InChI=1S/C16H17F2NO2/c1-21-13-5-6-15-11(7-13)3-2-4-14(15)12(8-17)10-19-16(20)9-18/h2-7,12H,8-10H2,1H3,(H,19,20). The Morgan fingerprint density at radius 2 is 2.10 bits per heavy atom. The molecule has 0 saturated heterocycles. The van der Waals surface area contributed by atoms with Crippen LogP contribution in [0.5, 0.6) is 5.75 Å². The molecule has 112 valence electrons. The first-order chi connectivity index (χ1) is 10.2. The van der Waals surface area contributed by atoms with Crippen LogP contribution < -0.4 is 10.1 Å². The zero-order valence-corrected chi connectivity index (χ0v) is 11.7. The Kier molecular flexibility index (Phi) is 5.09. The summed E-state index contributed by atoms with van der Waals surface area (Å²) in [4.78, 5) is 11.0. The van der Waals surface area contributed by atoms with E-state index in [-0.39, 0.29) is 6.54 Å². The third kappa shape index (κ3) is 3.48. The summed E-state index contributed by atoms with van der Waals surface area (Å²) in [6, 6.07) is 11.1. The van der Waals surface area contributed by atoms with Crippen LogP contribution in [0.4, 0.5) is 8.78 Å². The highest BCUT2D eigenvalue weighted by atomic mass is 19.1. The van der Waals surface area contributed by atoms with Crippen molar-refractivity contribution >= 4 is 16.7 Å². The number of amides is 1. The first kappa shape index (κ1) is 15.2. The smallest absolute Gasteiger partial charge is 0.251 e. The summed E-state index contributed by atoms with van der Waals surface area (Å²) in [7, 11) is 1.59. The number of ether oxygens (including phenoxy) is 1. The average Bonchev–Trinajstić information content (AvgIpc) is 2.54. The highest BCUT2D eigenvalue weighted by molar-refractivity contribution is 5.87. The van der Waals surface area contributed by atoms with Crippen LogP contribution in [0.1, 0.15) is 11.5 Å². The van der Waals surface area contributed by atoms with Crippen molar-refractivity contribution in [3.8, 4) is 5.75 Å². The first-order valence-corrected chi connectivity index (χ1v) is 6.65. The molecule has 1 N–H and O–H groups in total. The van der Waals surface area contributed by atoms with Gasteiger partial charge in [0.15, 0.2) is 6.67 Å². The number of halogens is 2. The molecular weight excluding hydrogens is 276 g/mol. The van der Waals surface area contributed by atoms with Gasteiger partial charge in [-0.1, -0.05) is 24.3 Å². The number of carbonyl (C=O) groups is 1. The van der Waals surface area contributed by atoms with E-state index in [0.717, 1.165) is 22.1 Å². The van der Waals surface area contributed by atoms with Gasteiger partial charge in [-0.05, 0) is 28.5 Å². The molecule has 0 bridgehead atoms. The van der Waals surface area contributed by atoms with Gasteiger partial charge in [-0.25, -0.2) is 4.39 Å². The van der Waals surface area contributed by atoms with Crippen molar-refractivity contribution in [1.82, 2.24) is 5.32 Å².